The van der Waals surface area contributed by atoms with Crippen LogP contribution in [0.25, 0.3) is 0 Å². The van der Waals surface area contributed by atoms with E-state index in [9.17, 15) is 10.2 Å². The van der Waals surface area contributed by atoms with Gasteiger partial charge in [-0.3, -0.25) is 0 Å². The zero-order chi connectivity index (χ0) is 23.7. The highest BCUT2D eigenvalue weighted by Crippen LogP contribution is 2.39. The smallest absolute Gasteiger partial charge is 0.123 e. The van der Waals surface area contributed by atoms with E-state index in [1.165, 1.54) is 11.1 Å². The van der Waals surface area contributed by atoms with E-state index in [2.05, 4.69) is 94.4 Å². The minimum Gasteiger partial charge on any atom is -0.507 e. The highest BCUT2D eigenvalue weighted by molar-refractivity contribution is 5.50. The van der Waals surface area contributed by atoms with Crippen LogP contribution in [0, 0.1) is 13.8 Å². The highest BCUT2D eigenvalue weighted by atomic mass is 16.3. The molecule has 30 heavy (non-hydrogen) atoms. The first kappa shape index (κ1) is 26.1. The van der Waals surface area contributed by atoms with Gasteiger partial charge in [0.2, 0.25) is 0 Å². The lowest BCUT2D eigenvalue weighted by Crippen LogP contribution is -2.17. The number of hydrogen-bond donors (Lipinski definition) is 2. The third-order valence-corrected chi connectivity index (χ3v) is 5.45. The Morgan fingerprint density at radius 1 is 0.600 bits per heavy atom. The molecular formula is C28H44O2. The number of hydrogen-bond acceptors (Lipinski definition) is 2. The van der Waals surface area contributed by atoms with Crippen LogP contribution in [0.4, 0.5) is 0 Å². The minimum absolute atomic E-state index is 0.0147. The summed E-state index contributed by atoms with van der Waals surface area (Å²) in [6, 6.07) is 8.35. The summed E-state index contributed by atoms with van der Waals surface area (Å²) >= 11 is 0. The Morgan fingerprint density at radius 2 is 0.967 bits per heavy atom. The van der Waals surface area contributed by atoms with Crippen LogP contribution in [0.5, 0.6) is 11.5 Å². The Labute approximate surface area is 185 Å². The van der Waals surface area contributed by atoms with Gasteiger partial charge in [0.1, 0.15) is 11.5 Å². The van der Waals surface area contributed by atoms with Gasteiger partial charge >= 0.3 is 0 Å². The lowest BCUT2D eigenvalue weighted by atomic mass is 9.78. The first-order valence-corrected chi connectivity index (χ1v) is 11.1. The molecule has 168 valence electrons. The summed E-state index contributed by atoms with van der Waals surface area (Å²) in [5.41, 5.74) is 6.60. The fraction of sp³-hybridized carbons (Fsp3) is 0.571. The third-order valence-electron chi connectivity index (χ3n) is 5.45. The van der Waals surface area contributed by atoms with Crippen LogP contribution in [-0.2, 0) is 22.7 Å². The van der Waals surface area contributed by atoms with Crippen molar-refractivity contribution in [2.45, 2.75) is 106 Å². The molecule has 0 aromatic heterocycles. The van der Waals surface area contributed by atoms with Crippen LogP contribution < -0.4 is 0 Å². The zero-order valence-corrected chi connectivity index (χ0v) is 21.4. The van der Waals surface area contributed by atoms with Gasteiger partial charge in [-0.25, -0.2) is 0 Å². The minimum atomic E-state index is -0.0186. The first-order valence-electron chi connectivity index (χ1n) is 11.1. The molecule has 2 nitrogen and oxygen atoms in total. The molecule has 0 aliphatic rings. The molecule has 2 aromatic carbocycles. The van der Waals surface area contributed by atoms with Gasteiger partial charge in [-0.1, -0.05) is 99.1 Å². The average Bonchev–Trinajstić information content (AvgIpc) is 2.55. The van der Waals surface area contributed by atoms with Crippen LogP contribution >= 0.6 is 0 Å². The summed E-state index contributed by atoms with van der Waals surface area (Å²) in [5, 5.41) is 20.3. The van der Waals surface area contributed by atoms with Crippen LogP contribution in [0.15, 0.2) is 24.3 Å². The molecule has 0 amide bonds. The van der Waals surface area contributed by atoms with Gasteiger partial charge in [-0.2, -0.15) is 0 Å². The van der Waals surface area contributed by atoms with Crippen molar-refractivity contribution in [3.05, 3.63) is 57.6 Å². The van der Waals surface area contributed by atoms with E-state index < -0.39 is 0 Å². The van der Waals surface area contributed by atoms with Gasteiger partial charge in [0.15, 0.2) is 0 Å². The molecule has 2 N–H and O–H groups in total. The first-order chi connectivity index (χ1) is 13.4. The lowest BCUT2D eigenvalue weighted by molar-refractivity contribution is 0.422. The van der Waals surface area contributed by atoms with Crippen molar-refractivity contribution in [1.82, 2.24) is 0 Å². The van der Waals surface area contributed by atoms with E-state index in [1.54, 1.807) is 0 Å². The molecule has 2 rings (SSSR count). The summed E-state index contributed by atoms with van der Waals surface area (Å²) in [5.74, 6) is 0.917. The van der Waals surface area contributed by atoms with Gasteiger partial charge in [0, 0.05) is 0 Å². The van der Waals surface area contributed by atoms with E-state index in [4.69, 9.17) is 0 Å². The van der Waals surface area contributed by atoms with Crippen LogP contribution in [0.2, 0.25) is 0 Å². The van der Waals surface area contributed by atoms with Crippen molar-refractivity contribution in [3.63, 3.8) is 0 Å². The summed E-state index contributed by atoms with van der Waals surface area (Å²) in [6.07, 6.45) is 1.01. The Bertz CT molecular complexity index is 834. The second-order valence-corrected chi connectivity index (χ2v) is 11.6. The molecule has 0 fully saturated rings. The van der Waals surface area contributed by atoms with Crippen molar-refractivity contribution in [3.8, 4) is 11.5 Å². The number of aryl methyl sites for hydroxylation is 3. The summed E-state index contributed by atoms with van der Waals surface area (Å²) in [4.78, 5) is 0. The standard InChI is InChI=1S/C16H26O.C12H18O/c1-8-11-9-12(15(2,3)4)14(17)13(10-11)16(5,6)7;1-8-6-9(2)11(13)10(7-8)12(3,4)5/h9-10,17H,8H2,1-7H3;6-7,13H,1-5H3. The monoisotopic (exact) mass is 412 g/mol. The molecule has 0 atom stereocenters. The normalized spacial score (nSPS) is 12.4. The van der Waals surface area contributed by atoms with E-state index in [0.29, 0.717) is 11.5 Å². The van der Waals surface area contributed by atoms with Gasteiger partial charge in [-0.05, 0) is 64.3 Å². The molecule has 0 heterocycles. The molecule has 2 heteroatoms. The molecule has 0 spiro atoms. The quantitative estimate of drug-likeness (QED) is 0.500. The predicted molar refractivity (Wildman–Crippen MR) is 131 cm³/mol. The summed E-state index contributed by atoms with van der Waals surface area (Å²) < 4.78 is 0. The SMILES string of the molecule is CCc1cc(C(C)(C)C)c(O)c(C(C)(C)C)c1.Cc1cc(C)c(O)c(C(C)(C)C)c1. The molecule has 0 saturated carbocycles. The molecule has 0 aliphatic heterocycles. The highest BCUT2D eigenvalue weighted by Gasteiger charge is 2.26. The largest absolute Gasteiger partial charge is 0.507 e. The van der Waals surface area contributed by atoms with E-state index in [1.807, 2.05) is 13.0 Å². The number of phenolic OH excluding ortho intramolecular Hbond substituents is 2. The van der Waals surface area contributed by atoms with Crippen molar-refractivity contribution >= 4 is 0 Å². The fourth-order valence-electron chi connectivity index (χ4n) is 3.57. The van der Waals surface area contributed by atoms with Crippen molar-refractivity contribution in [2.24, 2.45) is 0 Å². The third kappa shape index (κ3) is 6.52. The topological polar surface area (TPSA) is 40.5 Å². The Morgan fingerprint density at radius 3 is 1.30 bits per heavy atom. The van der Waals surface area contributed by atoms with Crippen LogP contribution in [-0.4, -0.2) is 10.2 Å². The van der Waals surface area contributed by atoms with E-state index in [-0.39, 0.29) is 16.2 Å². The van der Waals surface area contributed by atoms with Crippen molar-refractivity contribution in [1.29, 1.82) is 0 Å². The maximum atomic E-state index is 10.5. The van der Waals surface area contributed by atoms with E-state index in [0.717, 1.165) is 28.7 Å². The number of rotatable bonds is 1. The van der Waals surface area contributed by atoms with Gasteiger partial charge in [0.05, 0.1) is 0 Å². The number of phenols is 2. The number of benzene rings is 2. The summed E-state index contributed by atoms with van der Waals surface area (Å²) in [7, 11) is 0. The molecule has 0 saturated heterocycles. The maximum Gasteiger partial charge on any atom is 0.123 e. The predicted octanol–water partition coefficient (Wildman–Crippen LogP) is 7.86. The average molecular weight is 413 g/mol. The summed E-state index contributed by atoms with van der Waals surface area (Å²) in [6.45, 7) is 25.4. The second-order valence-electron chi connectivity index (χ2n) is 11.6. The van der Waals surface area contributed by atoms with Gasteiger partial charge in [0.25, 0.3) is 0 Å². The molecule has 0 unspecified atom stereocenters. The van der Waals surface area contributed by atoms with Crippen LogP contribution in [0.1, 0.15) is 103 Å². The van der Waals surface area contributed by atoms with Gasteiger partial charge in [-0.15, -0.1) is 0 Å². The second kappa shape index (κ2) is 9.04. The molecule has 0 aliphatic carbocycles. The molecule has 2 aromatic rings. The van der Waals surface area contributed by atoms with Crippen molar-refractivity contribution in [2.75, 3.05) is 0 Å². The Hall–Kier alpha value is -1.96. The van der Waals surface area contributed by atoms with Gasteiger partial charge < -0.3 is 10.2 Å². The molecular weight excluding hydrogens is 368 g/mol. The fourth-order valence-corrected chi connectivity index (χ4v) is 3.57. The molecule has 0 bridgehead atoms. The molecule has 0 radical (unpaired) electrons. The lowest BCUT2D eigenvalue weighted by Gasteiger charge is -2.28. The van der Waals surface area contributed by atoms with Crippen LogP contribution in [0.3, 0.4) is 0 Å². The number of aromatic hydroxyl groups is 2. The maximum absolute atomic E-state index is 10.5. The Kier molecular flexibility index (Phi) is 7.86. The van der Waals surface area contributed by atoms with Crippen molar-refractivity contribution < 1.29 is 10.2 Å². The Balaban J connectivity index is 0.000000311. The van der Waals surface area contributed by atoms with E-state index >= 15 is 0 Å². The zero-order valence-electron chi connectivity index (χ0n) is 21.4.